The number of hydrogen-bond donors (Lipinski definition) is 0. The van der Waals surface area contributed by atoms with Gasteiger partial charge in [-0.05, 0) is 11.3 Å². The molecule has 0 amide bonds. The number of rotatable bonds is 3. The molecule has 62 valence electrons. The summed E-state index contributed by atoms with van der Waals surface area (Å²) < 4.78 is 5.46. The Labute approximate surface area is 64.8 Å². The third kappa shape index (κ3) is 7.96. The van der Waals surface area contributed by atoms with Crippen molar-refractivity contribution < 1.29 is 4.74 Å². The molecular weight excluding hydrogens is 124 g/mol. The molecule has 0 atom stereocenters. The highest BCUT2D eigenvalue weighted by Crippen LogP contribution is 2.13. The molecule has 0 fully saturated rings. The van der Waals surface area contributed by atoms with Gasteiger partial charge in [0, 0.05) is 6.61 Å². The van der Waals surface area contributed by atoms with Gasteiger partial charge in [-0.3, -0.25) is 0 Å². The van der Waals surface area contributed by atoms with Gasteiger partial charge in [-0.25, -0.2) is 0 Å². The van der Waals surface area contributed by atoms with Gasteiger partial charge >= 0.3 is 0 Å². The van der Waals surface area contributed by atoms with Crippen LogP contribution < -0.4 is 0 Å². The molecule has 0 aromatic rings. The number of ether oxygens (including phenoxy) is 1. The molecular formula is C9H20O. The zero-order chi connectivity index (χ0) is 8.20. The second kappa shape index (κ2) is 3.97. The molecule has 0 N–H and O–H groups in total. The van der Waals surface area contributed by atoms with Crippen LogP contribution in [0.5, 0.6) is 0 Å². The van der Waals surface area contributed by atoms with E-state index in [1.54, 1.807) is 0 Å². The lowest BCUT2D eigenvalue weighted by Gasteiger charge is -2.18. The molecule has 0 aliphatic carbocycles. The van der Waals surface area contributed by atoms with E-state index >= 15 is 0 Å². The largest absolute Gasteiger partial charge is 0.381 e. The smallest absolute Gasteiger partial charge is 0.0514 e. The molecule has 0 radical (unpaired) electrons. The zero-order valence-electron chi connectivity index (χ0n) is 7.90. The van der Waals surface area contributed by atoms with Crippen molar-refractivity contribution in [3.63, 3.8) is 0 Å². The van der Waals surface area contributed by atoms with Crippen LogP contribution in [0.25, 0.3) is 0 Å². The average Bonchev–Trinajstić information content (AvgIpc) is 1.59. The van der Waals surface area contributed by atoms with E-state index in [1.807, 2.05) is 0 Å². The quantitative estimate of drug-likeness (QED) is 0.591. The normalized spacial score (nSPS) is 12.6. The van der Waals surface area contributed by atoms with Crippen molar-refractivity contribution in [2.24, 2.45) is 11.3 Å². The standard InChI is InChI=1S/C9H20O/c1-8(2)6-10-7-9(3,4)5/h8H,6-7H2,1-5H3. The predicted molar refractivity (Wildman–Crippen MR) is 45.1 cm³/mol. The Morgan fingerprint density at radius 1 is 1.20 bits per heavy atom. The van der Waals surface area contributed by atoms with Crippen LogP contribution in [0.2, 0.25) is 0 Å². The highest BCUT2D eigenvalue weighted by Gasteiger charge is 2.09. The molecule has 0 bridgehead atoms. The Bertz CT molecular complexity index is 79.2. The summed E-state index contributed by atoms with van der Waals surface area (Å²) in [5, 5.41) is 0. The van der Waals surface area contributed by atoms with Crippen molar-refractivity contribution in [1.82, 2.24) is 0 Å². The highest BCUT2D eigenvalue weighted by atomic mass is 16.5. The molecule has 0 saturated heterocycles. The lowest BCUT2D eigenvalue weighted by molar-refractivity contribution is 0.0546. The van der Waals surface area contributed by atoms with Crippen molar-refractivity contribution in [1.29, 1.82) is 0 Å². The van der Waals surface area contributed by atoms with Crippen molar-refractivity contribution in [3.05, 3.63) is 0 Å². The van der Waals surface area contributed by atoms with Gasteiger partial charge in [0.2, 0.25) is 0 Å². The minimum absolute atomic E-state index is 0.314. The first-order chi connectivity index (χ1) is 4.42. The molecule has 0 aliphatic heterocycles. The van der Waals surface area contributed by atoms with Crippen LogP contribution in [-0.4, -0.2) is 13.2 Å². The summed E-state index contributed by atoms with van der Waals surface area (Å²) in [6.45, 7) is 12.7. The molecule has 0 unspecified atom stereocenters. The maximum Gasteiger partial charge on any atom is 0.0514 e. The van der Waals surface area contributed by atoms with E-state index in [-0.39, 0.29) is 0 Å². The van der Waals surface area contributed by atoms with Gasteiger partial charge in [-0.15, -0.1) is 0 Å². The molecule has 0 aromatic heterocycles. The predicted octanol–water partition coefficient (Wildman–Crippen LogP) is 2.71. The lowest BCUT2D eigenvalue weighted by Crippen LogP contribution is -2.16. The summed E-state index contributed by atoms with van der Waals surface area (Å²) in [6.07, 6.45) is 0. The van der Waals surface area contributed by atoms with Crippen LogP contribution in [0, 0.1) is 11.3 Å². The zero-order valence-corrected chi connectivity index (χ0v) is 7.90. The summed E-state index contributed by atoms with van der Waals surface area (Å²) in [7, 11) is 0. The summed E-state index contributed by atoms with van der Waals surface area (Å²) in [6, 6.07) is 0. The Balaban J connectivity index is 3.21. The van der Waals surface area contributed by atoms with E-state index in [2.05, 4.69) is 34.6 Å². The monoisotopic (exact) mass is 144 g/mol. The van der Waals surface area contributed by atoms with E-state index in [1.165, 1.54) is 0 Å². The third-order valence-corrected chi connectivity index (χ3v) is 0.986. The van der Waals surface area contributed by atoms with Crippen LogP contribution in [0.1, 0.15) is 34.6 Å². The Morgan fingerprint density at radius 3 is 2.00 bits per heavy atom. The molecule has 1 heteroatoms. The van der Waals surface area contributed by atoms with Crippen LogP contribution in [-0.2, 0) is 4.74 Å². The summed E-state index contributed by atoms with van der Waals surface area (Å²) in [5.41, 5.74) is 0.314. The lowest BCUT2D eigenvalue weighted by atomic mass is 9.99. The van der Waals surface area contributed by atoms with E-state index in [4.69, 9.17) is 4.74 Å². The fourth-order valence-corrected chi connectivity index (χ4v) is 0.601. The van der Waals surface area contributed by atoms with Crippen molar-refractivity contribution >= 4 is 0 Å². The van der Waals surface area contributed by atoms with Crippen LogP contribution in [0.3, 0.4) is 0 Å². The fourth-order valence-electron chi connectivity index (χ4n) is 0.601. The summed E-state index contributed by atoms with van der Waals surface area (Å²) >= 11 is 0. The Hall–Kier alpha value is -0.0400. The first-order valence-electron chi connectivity index (χ1n) is 3.99. The number of hydrogen-bond acceptors (Lipinski definition) is 1. The second-order valence-electron chi connectivity index (χ2n) is 4.47. The molecule has 0 aliphatic rings. The molecule has 0 heterocycles. The SMILES string of the molecule is CC(C)COCC(C)(C)C. The maximum absolute atomic E-state index is 5.46. The summed E-state index contributed by atoms with van der Waals surface area (Å²) in [5.74, 6) is 0.655. The van der Waals surface area contributed by atoms with Crippen LogP contribution in [0.15, 0.2) is 0 Å². The van der Waals surface area contributed by atoms with Gasteiger partial charge in [0.15, 0.2) is 0 Å². The Morgan fingerprint density at radius 2 is 1.70 bits per heavy atom. The first-order valence-corrected chi connectivity index (χ1v) is 3.99. The van der Waals surface area contributed by atoms with Gasteiger partial charge in [0.25, 0.3) is 0 Å². The van der Waals surface area contributed by atoms with Gasteiger partial charge in [-0.1, -0.05) is 34.6 Å². The molecule has 0 saturated carbocycles. The first kappa shape index (κ1) is 9.96. The average molecular weight is 144 g/mol. The second-order valence-corrected chi connectivity index (χ2v) is 4.47. The third-order valence-electron chi connectivity index (χ3n) is 0.986. The maximum atomic E-state index is 5.46. The highest BCUT2D eigenvalue weighted by molar-refractivity contribution is 4.58. The van der Waals surface area contributed by atoms with Crippen molar-refractivity contribution in [2.45, 2.75) is 34.6 Å². The van der Waals surface area contributed by atoms with E-state index < -0.39 is 0 Å². The van der Waals surface area contributed by atoms with Crippen LogP contribution in [0.4, 0.5) is 0 Å². The van der Waals surface area contributed by atoms with Crippen molar-refractivity contribution in [3.8, 4) is 0 Å². The molecule has 0 spiro atoms. The molecule has 10 heavy (non-hydrogen) atoms. The Kier molecular flexibility index (Phi) is 3.95. The van der Waals surface area contributed by atoms with Crippen molar-refractivity contribution in [2.75, 3.05) is 13.2 Å². The minimum Gasteiger partial charge on any atom is -0.381 e. The fraction of sp³-hybridized carbons (Fsp3) is 1.00. The minimum atomic E-state index is 0.314. The van der Waals surface area contributed by atoms with E-state index in [9.17, 15) is 0 Å². The van der Waals surface area contributed by atoms with Gasteiger partial charge in [0.1, 0.15) is 0 Å². The molecule has 0 rings (SSSR count). The summed E-state index contributed by atoms with van der Waals surface area (Å²) in [4.78, 5) is 0. The van der Waals surface area contributed by atoms with Crippen LogP contribution >= 0.6 is 0 Å². The van der Waals surface area contributed by atoms with E-state index in [0.717, 1.165) is 13.2 Å². The van der Waals surface area contributed by atoms with E-state index in [0.29, 0.717) is 11.3 Å². The van der Waals surface area contributed by atoms with Gasteiger partial charge < -0.3 is 4.74 Å². The van der Waals surface area contributed by atoms with Gasteiger partial charge in [-0.2, -0.15) is 0 Å². The topological polar surface area (TPSA) is 9.23 Å². The molecule has 0 aromatic carbocycles. The molecule has 1 nitrogen and oxygen atoms in total. The van der Waals surface area contributed by atoms with Gasteiger partial charge in [0.05, 0.1) is 6.61 Å².